The van der Waals surface area contributed by atoms with E-state index in [9.17, 15) is 14.4 Å². The van der Waals surface area contributed by atoms with E-state index in [0.717, 1.165) is 25.9 Å². The van der Waals surface area contributed by atoms with Gasteiger partial charge in [0.15, 0.2) is 0 Å². The molecular formula is C13H22N4O4. The van der Waals surface area contributed by atoms with Crippen LogP contribution in [0, 0.1) is 0 Å². The van der Waals surface area contributed by atoms with Crippen molar-refractivity contribution in [2.75, 3.05) is 39.3 Å². The quantitative estimate of drug-likeness (QED) is 0.622. The van der Waals surface area contributed by atoms with Crippen LogP contribution in [0.4, 0.5) is 4.79 Å². The average Bonchev–Trinajstić information content (AvgIpc) is 2.79. The van der Waals surface area contributed by atoms with E-state index in [1.54, 1.807) is 4.90 Å². The van der Waals surface area contributed by atoms with Gasteiger partial charge in [-0.1, -0.05) is 0 Å². The highest BCUT2D eigenvalue weighted by Crippen LogP contribution is 2.21. The fourth-order valence-corrected chi connectivity index (χ4v) is 2.90. The van der Waals surface area contributed by atoms with Gasteiger partial charge in [-0.05, 0) is 25.8 Å². The maximum atomic E-state index is 12.1. The van der Waals surface area contributed by atoms with E-state index < -0.39 is 18.4 Å². The predicted molar refractivity (Wildman–Crippen MR) is 74.8 cm³/mol. The van der Waals surface area contributed by atoms with Crippen LogP contribution in [0.1, 0.15) is 19.3 Å². The number of carbonyl (C=O) groups is 3. The van der Waals surface area contributed by atoms with Gasteiger partial charge in [-0.15, -0.1) is 0 Å². The van der Waals surface area contributed by atoms with Crippen molar-refractivity contribution in [3.05, 3.63) is 0 Å². The maximum Gasteiger partial charge on any atom is 0.322 e. The van der Waals surface area contributed by atoms with Crippen LogP contribution in [0.5, 0.6) is 0 Å². The van der Waals surface area contributed by atoms with Crippen molar-refractivity contribution < 1.29 is 19.5 Å². The summed E-state index contributed by atoms with van der Waals surface area (Å²) in [5.41, 5.74) is 0. The molecule has 2 fully saturated rings. The van der Waals surface area contributed by atoms with E-state index in [1.165, 1.54) is 6.42 Å². The first-order valence-corrected chi connectivity index (χ1v) is 7.31. The Bertz CT molecular complexity index is 415. The number of carboxylic acids is 1. The molecular weight excluding hydrogens is 276 g/mol. The highest BCUT2D eigenvalue weighted by atomic mass is 16.4. The summed E-state index contributed by atoms with van der Waals surface area (Å²) in [5.74, 6) is -1.61. The Labute approximate surface area is 123 Å². The molecule has 8 heteroatoms. The van der Waals surface area contributed by atoms with Crippen LogP contribution in [-0.2, 0) is 9.59 Å². The van der Waals surface area contributed by atoms with Gasteiger partial charge in [0, 0.05) is 25.7 Å². The van der Waals surface area contributed by atoms with E-state index in [-0.39, 0.29) is 12.6 Å². The summed E-state index contributed by atoms with van der Waals surface area (Å²) < 4.78 is 0. The molecule has 0 aromatic rings. The maximum absolute atomic E-state index is 12.1. The molecule has 0 aromatic carbocycles. The van der Waals surface area contributed by atoms with Gasteiger partial charge in [0.2, 0.25) is 5.91 Å². The lowest BCUT2D eigenvalue weighted by atomic mass is 10.2. The molecule has 0 radical (unpaired) electrons. The fourth-order valence-electron chi connectivity index (χ4n) is 2.90. The number of nitrogens with one attached hydrogen (secondary N) is 2. The van der Waals surface area contributed by atoms with Gasteiger partial charge < -0.3 is 20.6 Å². The van der Waals surface area contributed by atoms with Crippen LogP contribution in [0.3, 0.4) is 0 Å². The van der Waals surface area contributed by atoms with Gasteiger partial charge in [0.05, 0.1) is 6.54 Å². The highest BCUT2D eigenvalue weighted by molar-refractivity contribution is 5.86. The zero-order valence-electron chi connectivity index (χ0n) is 12.0. The SMILES string of the molecule is O=C(O)CNC(=O)CNC(=O)N1CCCN2CCCC2C1. The van der Waals surface area contributed by atoms with Crippen LogP contribution in [-0.4, -0.2) is 78.1 Å². The second-order valence-corrected chi connectivity index (χ2v) is 5.46. The van der Waals surface area contributed by atoms with Gasteiger partial charge in [0.1, 0.15) is 6.54 Å². The monoisotopic (exact) mass is 298 g/mol. The molecule has 1 unspecified atom stereocenters. The molecule has 2 heterocycles. The molecule has 0 spiro atoms. The zero-order valence-corrected chi connectivity index (χ0v) is 12.0. The third kappa shape index (κ3) is 4.59. The molecule has 3 amide bonds. The smallest absolute Gasteiger partial charge is 0.322 e. The summed E-state index contributed by atoms with van der Waals surface area (Å²) in [6, 6.07) is 0.174. The predicted octanol–water partition coefficient (Wildman–Crippen LogP) is -0.933. The number of hydrogen-bond acceptors (Lipinski definition) is 4. The van der Waals surface area contributed by atoms with Gasteiger partial charge >= 0.3 is 12.0 Å². The second-order valence-electron chi connectivity index (χ2n) is 5.46. The Morgan fingerprint density at radius 2 is 1.81 bits per heavy atom. The number of aliphatic carboxylic acids is 1. The Morgan fingerprint density at radius 3 is 2.57 bits per heavy atom. The lowest BCUT2D eigenvalue weighted by molar-refractivity contribution is -0.137. The van der Waals surface area contributed by atoms with Gasteiger partial charge in [0.25, 0.3) is 0 Å². The molecule has 2 rings (SSSR count). The summed E-state index contributed by atoms with van der Waals surface area (Å²) >= 11 is 0. The van der Waals surface area contributed by atoms with Gasteiger partial charge in [-0.2, -0.15) is 0 Å². The number of nitrogens with zero attached hydrogens (tertiary/aromatic N) is 2. The molecule has 2 saturated heterocycles. The molecule has 21 heavy (non-hydrogen) atoms. The first-order chi connectivity index (χ1) is 10.1. The van der Waals surface area contributed by atoms with E-state index in [4.69, 9.17) is 5.11 Å². The van der Waals surface area contributed by atoms with Crippen LogP contribution in [0.25, 0.3) is 0 Å². The van der Waals surface area contributed by atoms with Crippen molar-refractivity contribution >= 4 is 17.9 Å². The van der Waals surface area contributed by atoms with Crippen molar-refractivity contribution in [2.24, 2.45) is 0 Å². The van der Waals surface area contributed by atoms with Crippen LogP contribution < -0.4 is 10.6 Å². The summed E-state index contributed by atoms with van der Waals surface area (Å²) in [6.07, 6.45) is 3.23. The molecule has 2 aliphatic heterocycles. The molecule has 0 bridgehead atoms. The number of hydrogen-bond donors (Lipinski definition) is 3. The first-order valence-electron chi connectivity index (χ1n) is 7.31. The molecule has 3 N–H and O–H groups in total. The zero-order chi connectivity index (χ0) is 15.2. The molecule has 2 aliphatic rings. The van der Waals surface area contributed by atoms with Crippen LogP contribution in [0.2, 0.25) is 0 Å². The lowest BCUT2D eigenvalue weighted by Crippen LogP contribution is -2.47. The lowest BCUT2D eigenvalue weighted by Gasteiger charge is -2.25. The number of rotatable bonds is 4. The van der Waals surface area contributed by atoms with Crippen molar-refractivity contribution in [3.8, 4) is 0 Å². The summed E-state index contributed by atoms with van der Waals surface area (Å²) in [7, 11) is 0. The van der Waals surface area contributed by atoms with Crippen LogP contribution >= 0.6 is 0 Å². The third-order valence-electron chi connectivity index (χ3n) is 3.93. The summed E-state index contributed by atoms with van der Waals surface area (Å²) in [4.78, 5) is 37.9. The van der Waals surface area contributed by atoms with Crippen molar-refractivity contribution in [2.45, 2.75) is 25.3 Å². The van der Waals surface area contributed by atoms with E-state index in [0.29, 0.717) is 19.1 Å². The average molecular weight is 298 g/mol. The minimum Gasteiger partial charge on any atom is -0.480 e. The summed E-state index contributed by atoms with van der Waals surface area (Å²) in [5, 5.41) is 13.2. The number of fused-ring (bicyclic) bond motifs is 1. The second kappa shape index (κ2) is 7.26. The fraction of sp³-hybridized carbons (Fsp3) is 0.769. The highest BCUT2D eigenvalue weighted by Gasteiger charge is 2.30. The molecule has 118 valence electrons. The Kier molecular flexibility index (Phi) is 5.38. The van der Waals surface area contributed by atoms with Gasteiger partial charge in [-0.25, -0.2) is 4.79 Å². The number of carboxylic acid groups (broad SMARTS) is 1. The molecule has 0 aromatic heterocycles. The van der Waals surface area contributed by atoms with Crippen molar-refractivity contribution in [1.29, 1.82) is 0 Å². The summed E-state index contributed by atoms with van der Waals surface area (Å²) in [6.45, 7) is 2.88. The topological polar surface area (TPSA) is 102 Å². The van der Waals surface area contributed by atoms with Gasteiger partial charge in [-0.3, -0.25) is 14.5 Å². The third-order valence-corrected chi connectivity index (χ3v) is 3.93. The normalized spacial score (nSPS) is 22.3. The molecule has 1 atom stereocenters. The number of carbonyl (C=O) groups excluding carboxylic acids is 2. The standard InChI is InChI=1S/C13H22N4O4/c18-11(14-8-12(19)20)7-15-13(21)17-6-2-5-16-4-1-3-10(16)9-17/h10H,1-9H2,(H,14,18)(H,15,21)(H,19,20). The Hall–Kier alpha value is -1.83. The Balaban J connectivity index is 1.74. The molecule has 0 aliphatic carbocycles. The van der Waals surface area contributed by atoms with Crippen molar-refractivity contribution in [3.63, 3.8) is 0 Å². The van der Waals surface area contributed by atoms with Crippen LogP contribution in [0.15, 0.2) is 0 Å². The minimum absolute atomic E-state index is 0.197. The van der Waals surface area contributed by atoms with E-state index in [1.807, 2.05) is 0 Å². The number of amides is 3. The largest absolute Gasteiger partial charge is 0.480 e. The molecule has 0 saturated carbocycles. The van der Waals surface area contributed by atoms with E-state index in [2.05, 4.69) is 15.5 Å². The minimum atomic E-state index is -1.11. The number of urea groups is 1. The van der Waals surface area contributed by atoms with E-state index >= 15 is 0 Å². The Morgan fingerprint density at radius 1 is 1.05 bits per heavy atom. The molecule has 8 nitrogen and oxygen atoms in total. The van der Waals surface area contributed by atoms with Crippen molar-refractivity contribution in [1.82, 2.24) is 20.4 Å². The first kappa shape index (κ1) is 15.6.